The van der Waals surface area contributed by atoms with Crippen molar-refractivity contribution in [3.8, 4) is 11.4 Å². The summed E-state index contributed by atoms with van der Waals surface area (Å²) in [6.07, 6.45) is 7.76. The first-order chi connectivity index (χ1) is 12.8. The Hall–Kier alpha value is -2.37. The van der Waals surface area contributed by atoms with Crippen LogP contribution in [0.1, 0.15) is 30.0 Å². The van der Waals surface area contributed by atoms with Gasteiger partial charge in [0.25, 0.3) is 0 Å². The number of hydrogen-bond acceptors (Lipinski definition) is 4. The van der Waals surface area contributed by atoms with E-state index in [1.807, 2.05) is 41.2 Å². The van der Waals surface area contributed by atoms with Gasteiger partial charge in [-0.3, -0.25) is 4.98 Å². The van der Waals surface area contributed by atoms with Crippen molar-refractivity contribution in [1.82, 2.24) is 20.1 Å². The lowest BCUT2D eigenvalue weighted by Gasteiger charge is -2.20. The lowest BCUT2D eigenvalue weighted by molar-refractivity contribution is 0.305. The highest BCUT2D eigenvalue weighted by atomic mass is 35.5. The Morgan fingerprint density at radius 1 is 1.15 bits per heavy atom. The van der Waals surface area contributed by atoms with Crippen LogP contribution in [0.25, 0.3) is 5.69 Å². The van der Waals surface area contributed by atoms with Gasteiger partial charge < -0.3 is 10.1 Å². The van der Waals surface area contributed by atoms with Gasteiger partial charge in [0, 0.05) is 28.8 Å². The zero-order chi connectivity index (χ0) is 17.8. The Labute approximate surface area is 158 Å². The van der Waals surface area contributed by atoms with Crippen LogP contribution in [-0.2, 0) is 6.61 Å². The number of aromatic nitrogens is 3. The quantitative estimate of drug-likeness (QED) is 0.740. The third kappa shape index (κ3) is 3.89. The SMILES string of the molecule is Clc1ccccc1COc1cncc(-n2ccc(C3CCNCC3)n2)c1. The number of nitrogens with zero attached hydrogens (tertiary/aromatic N) is 3. The maximum absolute atomic E-state index is 6.18. The third-order valence-corrected chi connectivity index (χ3v) is 5.05. The molecule has 4 rings (SSSR count). The van der Waals surface area contributed by atoms with Crippen LogP contribution in [-0.4, -0.2) is 27.9 Å². The zero-order valence-electron chi connectivity index (χ0n) is 14.4. The van der Waals surface area contributed by atoms with E-state index in [4.69, 9.17) is 21.4 Å². The maximum Gasteiger partial charge on any atom is 0.140 e. The first kappa shape index (κ1) is 17.1. The third-order valence-electron chi connectivity index (χ3n) is 4.68. The maximum atomic E-state index is 6.18. The molecule has 1 N–H and O–H groups in total. The summed E-state index contributed by atoms with van der Waals surface area (Å²) in [5.74, 6) is 1.23. The summed E-state index contributed by atoms with van der Waals surface area (Å²) in [4.78, 5) is 4.29. The molecule has 0 saturated carbocycles. The molecule has 0 amide bonds. The van der Waals surface area contributed by atoms with Gasteiger partial charge in [-0.15, -0.1) is 0 Å². The van der Waals surface area contributed by atoms with Crippen LogP contribution in [0.15, 0.2) is 55.0 Å². The van der Waals surface area contributed by atoms with Crippen molar-refractivity contribution in [3.63, 3.8) is 0 Å². The van der Waals surface area contributed by atoms with Crippen LogP contribution < -0.4 is 10.1 Å². The predicted octanol–water partition coefficient (Wildman–Crippen LogP) is 3.97. The molecule has 0 bridgehead atoms. The summed E-state index contributed by atoms with van der Waals surface area (Å²) in [7, 11) is 0. The minimum Gasteiger partial charge on any atom is -0.487 e. The first-order valence-corrected chi connectivity index (χ1v) is 9.25. The molecule has 134 valence electrons. The number of nitrogens with one attached hydrogen (secondary N) is 1. The lowest BCUT2D eigenvalue weighted by Crippen LogP contribution is -2.26. The topological polar surface area (TPSA) is 52.0 Å². The molecular weight excluding hydrogens is 348 g/mol. The van der Waals surface area contributed by atoms with Crippen molar-refractivity contribution >= 4 is 11.6 Å². The van der Waals surface area contributed by atoms with E-state index in [0.29, 0.717) is 23.3 Å². The number of pyridine rings is 1. The molecule has 1 aromatic carbocycles. The highest BCUT2D eigenvalue weighted by Crippen LogP contribution is 2.25. The smallest absolute Gasteiger partial charge is 0.140 e. The summed E-state index contributed by atoms with van der Waals surface area (Å²) < 4.78 is 7.73. The predicted molar refractivity (Wildman–Crippen MR) is 102 cm³/mol. The van der Waals surface area contributed by atoms with E-state index < -0.39 is 0 Å². The van der Waals surface area contributed by atoms with Crippen LogP contribution >= 0.6 is 11.6 Å². The average molecular weight is 369 g/mol. The van der Waals surface area contributed by atoms with E-state index in [0.717, 1.165) is 42.9 Å². The fourth-order valence-electron chi connectivity index (χ4n) is 3.21. The standard InChI is InChI=1S/C20H21ClN4O/c21-19-4-2-1-3-16(19)14-26-18-11-17(12-23-13-18)25-10-7-20(24-25)15-5-8-22-9-6-15/h1-4,7,10-13,15,22H,5-6,8-9,14H2. The minimum atomic E-state index is 0.407. The van der Waals surface area contributed by atoms with Crippen LogP contribution in [0.5, 0.6) is 5.75 Å². The van der Waals surface area contributed by atoms with Gasteiger partial charge in [-0.2, -0.15) is 5.10 Å². The van der Waals surface area contributed by atoms with Crippen LogP contribution in [0.3, 0.4) is 0 Å². The number of halogens is 1. The number of rotatable bonds is 5. The van der Waals surface area contributed by atoms with Crippen molar-refractivity contribution in [2.24, 2.45) is 0 Å². The van der Waals surface area contributed by atoms with E-state index in [-0.39, 0.29) is 0 Å². The van der Waals surface area contributed by atoms with E-state index in [2.05, 4.69) is 16.4 Å². The normalized spacial score (nSPS) is 15.1. The molecule has 0 unspecified atom stereocenters. The van der Waals surface area contributed by atoms with Gasteiger partial charge in [0.05, 0.1) is 23.8 Å². The fourth-order valence-corrected chi connectivity index (χ4v) is 3.40. The molecule has 0 spiro atoms. The molecule has 1 aliphatic rings. The Kier molecular flexibility index (Phi) is 5.18. The van der Waals surface area contributed by atoms with Crippen molar-refractivity contribution < 1.29 is 4.74 Å². The highest BCUT2D eigenvalue weighted by molar-refractivity contribution is 6.31. The summed E-state index contributed by atoms with van der Waals surface area (Å²) in [5, 5.41) is 8.85. The molecule has 3 aromatic rings. The molecular formula is C20H21ClN4O. The van der Waals surface area contributed by atoms with Gasteiger partial charge in [0.1, 0.15) is 12.4 Å². The van der Waals surface area contributed by atoms with Crippen LogP contribution in [0.2, 0.25) is 5.02 Å². The Morgan fingerprint density at radius 3 is 2.85 bits per heavy atom. The minimum absolute atomic E-state index is 0.407. The molecule has 1 aliphatic heterocycles. The lowest BCUT2D eigenvalue weighted by atomic mass is 9.95. The fraction of sp³-hybridized carbons (Fsp3) is 0.300. The first-order valence-electron chi connectivity index (χ1n) is 8.87. The summed E-state index contributed by atoms with van der Waals surface area (Å²) in [5.41, 5.74) is 2.99. The van der Waals surface area contributed by atoms with Gasteiger partial charge in [-0.1, -0.05) is 29.8 Å². The second kappa shape index (κ2) is 7.89. The van der Waals surface area contributed by atoms with Crippen molar-refractivity contribution in [2.75, 3.05) is 13.1 Å². The molecule has 3 heterocycles. The highest BCUT2D eigenvalue weighted by Gasteiger charge is 2.17. The average Bonchev–Trinajstić information content (AvgIpc) is 3.19. The second-order valence-electron chi connectivity index (χ2n) is 6.47. The monoisotopic (exact) mass is 368 g/mol. The molecule has 5 nitrogen and oxygen atoms in total. The Balaban J connectivity index is 1.47. The molecule has 0 radical (unpaired) electrons. The van der Waals surface area contributed by atoms with E-state index in [9.17, 15) is 0 Å². The number of ether oxygens (including phenoxy) is 1. The summed E-state index contributed by atoms with van der Waals surface area (Å²) in [6.45, 7) is 2.53. The van der Waals surface area contributed by atoms with Gasteiger partial charge in [-0.25, -0.2) is 4.68 Å². The van der Waals surface area contributed by atoms with Crippen LogP contribution in [0.4, 0.5) is 0 Å². The van der Waals surface area contributed by atoms with Gasteiger partial charge in [-0.05, 0) is 38.1 Å². The molecule has 1 saturated heterocycles. The van der Waals surface area contributed by atoms with E-state index in [1.54, 1.807) is 12.4 Å². The molecule has 0 atom stereocenters. The van der Waals surface area contributed by atoms with E-state index >= 15 is 0 Å². The Morgan fingerprint density at radius 2 is 2.00 bits per heavy atom. The number of piperidine rings is 1. The second-order valence-corrected chi connectivity index (χ2v) is 6.88. The Bertz CT molecular complexity index is 874. The number of hydrogen-bond donors (Lipinski definition) is 1. The van der Waals surface area contributed by atoms with Crippen molar-refractivity contribution in [1.29, 1.82) is 0 Å². The van der Waals surface area contributed by atoms with Gasteiger partial charge >= 0.3 is 0 Å². The molecule has 26 heavy (non-hydrogen) atoms. The molecule has 0 aliphatic carbocycles. The largest absolute Gasteiger partial charge is 0.487 e. The van der Waals surface area contributed by atoms with E-state index in [1.165, 1.54) is 0 Å². The molecule has 6 heteroatoms. The zero-order valence-corrected chi connectivity index (χ0v) is 15.2. The van der Waals surface area contributed by atoms with Crippen molar-refractivity contribution in [3.05, 3.63) is 71.3 Å². The summed E-state index contributed by atoms with van der Waals surface area (Å²) >= 11 is 6.18. The number of benzene rings is 1. The molecule has 2 aromatic heterocycles. The van der Waals surface area contributed by atoms with Gasteiger partial charge in [0.2, 0.25) is 0 Å². The van der Waals surface area contributed by atoms with Crippen molar-refractivity contribution in [2.45, 2.75) is 25.4 Å². The molecule has 1 fully saturated rings. The van der Waals surface area contributed by atoms with Crippen LogP contribution in [0, 0.1) is 0 Å². The summed E-state index contributed by atoms with van der Waals surface area (Å²) in [6, 6.07) is 11.7. The van der Waals surface area contributed by atoms with Gasteiger partial charge in [0.15, 0.2) is 0 Å².